The zero-order chi connectivity index (χ0) is 16.0. The molecule has 0 saturated carbocycles. The number of nitrogens with zero attached hydrogens (tertiary/aromatic N) is 2. The summed E-state index contributed by atoms with van der Waals surface area (Å²) < 4.78 is 0.311. The van der Waals surface area contributed by atoms with Crippen molar-refractivity contribution in [3.8, 4) is 0 Å². The maximum Gasteiger partial charge on any atom is 0.287 e. The van der Waals surface area contributed by atoms with Gasteiger partial charge >= 0.3 is 0 Å². The van der Waals surface area contributed by atoms with Gasteiger partial charge in [-0.3, -0.25) is 15.0 Å². The Morgan fingerprint density at radius 1 is 1.36 bits per heavy atom. The van der Waals surface area contributed by atoms with Gasteiger partial charge in [-0.1, -0.05) is 23.4 Å². The number of hydrogen-bond donors (Lipinski definition) is 1. The number of anilines is 1. The van der Waals surface area contributed by atoms with Crippen molar-refractivity contribution < 1.29 is 9.59 Å². The van der Waals surface area contributed by atoms with Gasteiger partial charge in [0.15, 0.2) is 4.32 Å². The number of benzene rings is 1. The number of hydrazine groups is 1. The molecule has 2 amide bonds. The van der Waals surface area contributed by atoms with Gasteiger partial charge in [0.1, 0.15) is 4.91 Å². The van der Waals surface area contributed by atoms with Crippen LogP contribution in [0.15, 0.2) is 33.0 Å². The molecule has 1 aromatic carbocycles. The predicted molar refractivity (Wildman–Crippen MR) is 93.6 cm³/mol. The lowest BCUT2D eigenvalue weighted by Gasteiger charge is -2.16. The van der Waals surface area contributed by atoms with Crippen molar-refractivity contribution in [3.63, 3.8) is 0 Å². The summed E-state index contributed by atoms with van der Waals surface area (Å²) >= 11 is 13.9. The third kappa shape index (κ3) is 2.60. The minimum atomic E-state index is -0.343. The molecule has 114 valence electrons. The molecule has 1 saturated heterocycles. The number of halogens is 1. The Morgan fingerprint density at radius 2 is 2.09 bits per heavy atom. The molecule has 1 fully saturated rings. The van der Waals surface area contributed by atoms with Gasteiger partial charge in [0.2, 0.25) is 5.91 Å². The molecule has 1 N–H and O–H groups in total. The maximum absolute atomic E-state index is 12.5. The van der Waals surface area contributed by atoms with E-state index in [9.17, 15) is 9.59 Å². The average Bonchev–Trinajstić information content (AvgIpc) is 2.91. The molecule has 0 unspecified atom stereocenters. The van der Waals surface area contributed by atoms with Crippen LogP contribution >= 0.6 is 47.3 Å². The fraction of sp³-hybridized carbons (Fsp3) is 0.154. The lowest BCUT2D eigenvalue weighted by atomic mass is 10.3. The quantitative estimate of drug-likeness (QED) is 0.605. The van der Waals surface area contributed by atoms with Crippen molar-refractivity contribution in [3.05, 3.63) is 33.2 Å². The van der Waals surface area contributed by atoms with E-state index in [2.05, 4.69) is 5.43 Å². The first-order valence-corrected chi connectivity index (χ1v) is 8.59. The van der Waals surface area contributed by atoms with Gasteiger partial charge in [-0.2, -0.15) is 5.01 Å². The van der Waals surface area contributed by atoms with E-state index in [1.807, 2.05) is 30.1 Å². The van der Waals surface area contributed by atoms with Crippen LogP contribution in [0.5, 0.6) is 0 Å². The molecule has 2 heterocycles. The Balaban J connectivity index is 1.98. The fourth-order valence-corrected chi connectivity index (χ4v) is 4.72. The number of fused-ring (bicyclic) bond motifs is 1. The molecule has 2 aliphatic heterocycles. The van der Waals surface area contributed by atoms with E-state index in [0.717, 1.165) is 20.6 Å². The molecule has 0 aromatic heterocycles. The van der Waals surface area contributed by atoms with Crippen molar-refractivity contribution in [1.29, 1.82) is 0 Å². The number of thioether (sulfide) groups is 2. The van der Waals surface area contributed by atoms with Gasteiger partial charge in [-0.15, -0.1) is 0 Å². The van der Waals surface area contributed by atoms with E-state index in [1.165, 1.54) is 30.4 Å². The molecule has 0 bridgehead atoms. The first-order valence-electron chi connectivity index (χ1n) is 6.17. The van der Waals surface area contributed by atoms with Crippen LogP contribution in [0.2, 0.25) is 5.02 Å². The Morgan fingerprint density at radius 3 is 2.77 bits per heavy atom. The lowest BCUT2D eigenvalue weighted by molar-refractivity contribution is -0.132. The minimum absolute atomic E-state index is 0.311. The molecular formula is C13H10ClN3O2S3. The highest BCUT2D eigenvalue weighted by molar-refractivity contribution is 8.27. The van der Waals surface area contributed by atoms with Crippen LogP contribution in [0.1, 0.15) is 6.92 Å². The lowest BCUT2D eigenvalue weighted by Crippen LogP contribution is -2.43. The normalized spacial score (nSPS) is 20.7. The maximum atomic E-state index is 12.5. The smallest absolute Gasteiger partial charge is 0.287 e. The summed E-state index contributed by atoms with van der Waals surface area (Å²) in [5.41, 5.74) is 3.38. The summed E-state index contributed by atoms with van der Waals surface area (Å²) in [7, 11) is 1.87. The SMILES string of the molecule is CC(=O)NN1C(=O)/C(=C2\Sc3ccc(Cl)cc3N2C)SC1=S. The third-order valence-electron chi connectivity index (χ3n) is 3.03. The molecule has 0 spiro atoms. The molecule has 0 atom stereocenters. The molecule has 5 nitrogen and oxygen atoms in total. The number of carbonyl (C=O) groups excluding carboxylic acids is 2. The van der Waals surface area contributed by atoms with Gasteiger partial charge in [-0.25, -0.2) is 0 Å². The number of nitrogens with one attached hydrogen (secondary N) is 1. The van der Waals surface area contributed by atoms with Crippen molar-refractivity contribution in [2.24, 2.45) is 0 Å². The molecular weight excluding hydrogens is 362 g/mol. The second kappa shape index (κ2) is 5.77. The molecule has 0 aliphatic carbocycles. The Hall–Kier alpha value is -1.22. The van der Waals surface area contributed by atoms with Crippen LogP contribution in [0.4, 0.5) is 5.69 Å². The summed E-state index contributed by atoms with van der Waals surface area (Å²) in [6, 6.07) is 5.58. The monoisotopic (exact) mass is 371 g/mol. The Kier molecular flexibility index (Phi) is 4.11. The molecule has 3 rings (SSSR count). The highest BCUT2D eigenvalue weighted by atomic mass is 35.5. The second-order valence-corrected chi connectivity index (χ2v) is 7.70. The van der Waals surface area contributed by atoms with Crippen molar-refractivity contribution in [2.75, 3.05) is 11.9 Å². The van der Waals surface area contributed by atoms with Gasteiger partial charge in [0.25, 0.3) is 5.91 Å². The summed E-state index contributed by atoms with van der Waals surface area (Å²) in [5, 5.41) is 2.52. The summed E-state index contributed by atoms with van der Waals surface area (Å²) in [4.78, 5) is 27.1. The fourth-order valence-electron chi connectivity index (χ4n) is 2.07. The first-order chi connectivity index (χ1) is 10.4. The Labute approximate surface area is 146 Å². The van der Waals surface area contributed by atoms with E-state index >= 15 is 0 Å². The number of thiocarbonyl (C=S) groups is 1. The van der Waals surface area contributed by atoms with Crippen LogP contribution in [0.3, 0.4) is 0 Å². The standard InChI is InChI=1S/C13H10ClN3O2S3/c1-6(18)15-17-11(19)10(22-13(17)20)12-16(2)8-5-7(14)3-4-9(8)21-12/h3-5H,1-2H3,(H,15,18)/b12-10+. The first kappa shape index (κ1) is 15.7. The summed E-state index contributed by atoms with van der Waals surface area (Å²) in [6.07, 6.45) is 0. The molecule has 0 radical (unpaired) electrons. The summed E-state index contributed by atoms with van der Waals surface area (Å²) in [5.74, 6) is -0.663. The number of amides is 2. The van der Waals surface area contributed by atoms with Crippen LogP contribution in [0.25, 0.3) is 0 Å². The number of carbonyl (C=O) groups is 2. The molecule has 1 aromatic rings. The largest absolute Gasteiger partial charge is 0.337 e. The van der Waals surface area contributed by atoms with Crippen molar-refractivity contribution in [2.45, 2.75) is 11.8 Å². The second-order valence-electron chi connectivity index (χ2n) is 4.58. The van der Waals surface area contributed by atoms with Crippen molar-refractivity contribution in [1.82, 2.24) is 10.4 Å². The van der Waals surface area contributed by atoms with E-state index < -0.39 is 0 Å². The number of rotatable bonds is 1. The zero-order valence-corrected chi connectivity index (χ0v) is 14.8. The Bertz CT molecular complexity index is 750. The van der Waals surface area contributed by atoms with E-state index in [0.29, 0.717) is 14.2 Å². The minimum Gasteiger partial charge on any atom is -0.337 e. The number of hydrogen-bond acceptors (Lipinski definition) is 6. The predicted octanol–water partition coefficient (Wildman–Crippen LogP) is 2.96. The van der Waals surface area contributed by atoms with Gasteiger partial charge in [0.05, 0.1) is 10.7 Å². The van der Waals surface area contributed by atoms with Gasteiger partial charge in [0, 0.05) is 23.9 Å². The molecule has 22 heavy (non-hydrogen) atoms. The van der Waals surface area contributed by atoms with Gasteiger partial charge in [-0.05, 0) is 42.2 Å². The molecule has 9 heteroatoms. The topological polar surface area (TPSA) is 52.7 Å². The van der Waals surface area contributed by atoms with Crippen LogP contribution in [0, 0.1) is 0 Å². The van der Waals surface area contributed by atoms with E-state index in [4.69, 9.17) is 23.8 Å². The van der Waals surface area contributed by atoms with Gasteiger partial charge < -0.3 is 4.90 Å². The average molecular weight is 372 g/mol. The molecule has 2 aliphatic rings. The third-order valence-corrected chi connectivity index (χ3v) is 5.99. The highest BCUT2D eigenvalue weighted by Crippen LogP contribution is 2.50. The van der Waals surface area contributed by atoms with Crippen LogP contribution in [-0.2, 0) is 9.59 Å². The highest BCUT2D eigenvalue weighted by Gasteiger charge is 2.38. The zero-order valence-electron chi connectivity index (χ0n) is 11.5. The summed E-state index contributed by atoms with van der Waals surface area (Å²) in [6.45, 7) is 1.33. The van der Waals surface area contributed by atoms with E-state index in [-0.39, 0.29) is 11.8 Å². The van der Waals surface area contributed by atoms with E-state index in [1.54, 1.807) is 0 Å². The van der Waals surface area contributed by atoms with Crippen LogP contribution < -0.4 is 10.3 Å². The van der Waals surface area contributed by atoms with Crippen molar-refractivity contribution >= 4 is 69.2 Å². The van der Waals surface area contributed by atoms with Crippen LogP contribution in [-0.4, -0.2) is 28.2 Å².